The van der Waals surface area contributed by atoms with Crippen LogP contribution in [0.25, 0.3) is 11.3 Å². The van der Waals surface area contributed by atoms with Gasteiger partial charge in [0.1, 0.15) is 11.5 Å². The molecular weight excluding hydrogens is 303 g/mol. The zero-order chi connectivity index (χ0) is 15.5. The number of nitrogens with two attached hydrogens (primary N) is 1. The van der Waals surface area contributed by atoms with Crippen molar-refractivity contribution in [2.45, 2.75) is 13.1 Å². The summed E-state index contributed by atoms with van der Waals surface area (Å²) < 4.78 is 14.9. The molecule has 0 aliphatic rings. The highest BCUT2D eigenvalue weighted by molar-refractivity contribution is 6.30. The summed E-state index contributed by atoms with van der Waals surface area (Å²) in [7, 11) is 0. The molecule has 1 heterocycles. The van der Waals surface area contributed by atoms with Crippen molar-refractivity contribution in [3.05, 3.63) is 70.6 Å². The average Bonchev–Trinajstić information content (AvgIpc) is 2.91. The average molecular weight is 317 g/mol. The lowest BCUT2D eigenvalue weighted by molar-refractivity contribution is 0.627. The molecule has 22 heavy (non-hydrogen) atoms. The molecule has 0 bridgehead atoms. The van der Waals surface area contributed by atoms with Crippen LogP contribution in [0.5, 0.6) is 0 Å². The number of hydrogen-bond acceptors (Lipinski definition) is 3. The first-order chi connectivity index (χ1) is 10.7. The Morgan fingerprint density at radius 2 is 1.91 bits per heavy atom. The molecule has 3 aromatic rings. The number of aromatic nitrogens is 3. The number of nitrogens with zero attached hydrogens (tertiary/aromatic N) is 3. The van der Waals surface area contributed by atoms with E-state index in [-0.39, 0.29) is 12.4 Å². The molecule has 3 rings (SSSR count). The first kappa shape index (κ1) is 14.7. The second kappa shape index (κ2) is 6.25. The standard InChI is InChI=1S/C16H14ClFN4/c17-13-3-1-2-11(8-13)10-22-16(15(9-19)20-21-22)12-4-6-14(18)7-5-12/h1-8H,9-10,19H2. The third kappa shape index (κ3) is 3.00. The maximum atomic E-state index is 13.1. The van der Waals surface area contributed by atoms with Crippen LogP contribution < -0.4 is 5.73 Å². The highest BCUT2D eigenvalue weighted by Crippen LogP contribution is 2.23. The third-order valence-electron chi connectivity index (χ3n) is 3.34. The van der Waals surface area contributed by atoms with Gasteiger partial charge in [-0.05, 0) is 42.0 Å². The Kier molecular flexibility index (Phi) is 4.18. The van der Waals surface area contributed by atoms with Gasteiger partial charge in [0.15, 0.2) is 0 Å². The summed E-state index contributed by atoms with van der Waals surface area (Å²) in [5.41, 5.74) is 9.04. The summed E-state index contributed by atoms with van der Waals surface area (Å²) in [6.07, 6.45) is 0. The van der Waals surface area contributed by atoms with Gasteiger partial charge in [0.25, 0.3) is 0 Å². The van der Waals surface area contributed by atoms with E-state index in [0.29, 0.717) is 17.3 Å². The highest BCUT2D eigenvalue weighted by Gasteiger charge is 2.14. The van der Waals surface area contributed by atoms with Crippen molar-refractivity contribution in [3.8, 4) is 11.3 Å². The van der Waals surface area contributed by atoms with Crippen LogP contribution in [0.3, 0.4) is 0 Å². The number of hydrogen-bond donors (Lipinski definition) is 1. The lowest BCUT2D eigenvalue weighted by Gasteiger charge is -2.08. The quantitative estimate of drug-likeness (QED) is 0.804. The zero-order valence-electron chi connectivity index (χ0n) is 11.7. The second-order valence-corrected chi connectivity index (χ2v) is 5.32. The predicted molar refractivity (Wildman–Crippen MR) is 83.9 cm³/mol. The molecule has 6 heteroatoms. The fourth-order valence-electron chi connectivity index (χ4n) is 2.33. The van der Waals surface area contributed by atoms with E-state index in [4.69, 9.17) is 17.3 Å². The molecule has 0 atom stereocenters. The van der Waals surface area contributed by atoms with E-state index in [2.05, 4.69) is 10.3 Å². The molecule has 0 amide bonds. The van der Waals surface area contributed by atoms with Crippen LogP contribution in [0.2, 0.25) is 5.02 Å². The van der Waals surface area contributed by atoms with E-state index < -0.39 is 0 Å². The van der Waals surface area contributed by atoms with Crippen LogP contribution >= 0.6 is 11.6 Å². The van der Waals surface area contributed by atoms with Gasteiger partial charge in [-0.25, -0.2) is 9.07 Å². The van der Waals surface area contributed by atoms with Crippen molar-refractivity contribution in [2.24, 2.45) is 5.73 Å². The maximum Gasteiger partial charge on any atom is 0.123 e. The molecule has 4 nitrogen and oxygen atoms in total. The van der Waals surface area contributed by atoms with E-state index in [9.17, 15) is 4.39 Å². The molecule has 0 aliphatic heterocycles. The van der Waals surface area contributed by atoms with E-state index in [1.807, 2.05) is 24.3 Å². The van der Waals surface area contributed by atoms with Crippen molar-refractivity contribution < 1.29 is 4.39 Å². The molecular formula is C16H14ClFN4. The molecule has 0 saturated carbocycles. The monoisotopic (exact) mass is 316 g/mol. The van der Waals surface area contributed by atoms with Crippen LogP contribution in [-0.4, -0.2) is 15.0 Å². The minimum atomic E-state index is -0.285. The molecule has 112 valence electrons. The van der Waals surface area contributed by atoms with Crippen molar-refractivity contribution in [1.82, 2.24) is 15.0 Å². The fourth-order valence-corrected chi connectivity index (χ4v) is 2.54. The second-order valence-electron chi connectivity index (χ2n) is 4.88. The zero-order valence-corrected chi connectivity index (χ0v) is 12.5. The number of benzene rings is 2. The van der Waals surface area contributed by atoms with Crippen LogP contribution in [0.15, 0.2) is 48.5 Å². The van der Waals surface area contributed by atoms with Crippen LogP contribution in [0.4, 0.5) is 4.39 Å². The van der Waals surface area contributed by atoms with Crippen molar-refractivity contribution in [2.75, 3.05) is 0 Å². The van der Waals surface area contributed by atoms with Gasteiger partial charge in [-0.15, -0.1) is 5.10 Å². The topological polar surface area (TPSA) is 56.7 Å². The lowest BCUT2D eigenvalue weighted by Crippen LogP contribution is -2.05. The molecule has 2 aromatic carbocycles. The van der Waals surface area contributed by atoms with Crippen molar-refractivity contribution in [1.29, 1.82) is 0 Å². The normalized spacial score (nSPS) is 10.9. The van der Waals surface area contributed by atoms with Crippen LogP contribution in [0, 0.1) is 5.82 Å². The van der Waals surface area contributed by atoms with Gasteiger partial charge in [0, 0.05) is 17.1 Å². The van der Waals surface area contributed by atoms with E-state index in [1.165, 1.54) is 12.1 Å². The van der Waals surface area contributed by atoms with E-state index in [0.717, 1.165) is 16.8 Å². The third-order valence-corrected chi connectivity index (χ3v) is 3.57. The van der Waals surface area contributed by atoms with E-state index in [1.54, 1.807) is 16.8 Å². The van der Waals surface area contributed by atoms with Gasteiger partial charge in [0.2, 0.25) is 0 Å². The summed E-state index contributed by atoms with van der Waals surface area (Å²) in [5, 5.41) is 8.94. The minimum absolute atomic E-state index is 0.266. The predicted octanol–water partition coefficient (Wildman–Crippen LogP) is 3.24. The van der Waals surface area contributed by atoms with Gasteiger partial charge in [-0.1, -0.05) is 28.9 Å². The van der Waals surface area contributed by atoms with Gasteiger partial charge in [-0.2, -0.15) is 0 Å². The smallest absolute Gasteiger partial charge is 0.123 e. The molecule has 0 saturated heterocycles. The van der Waals surface area contributed by atoms with Crippen molar-refractivity contribution in [3.63, 3.8) is 0 Å². The van der Waals surface area contributed by atoms with Gasteiger partial charge in [-0.3, -0.25) is 0 Å². The maximum absolute atomic E-state index is 13.1. The van der Waals surface area contributed by atoms with Crippen molar-refractivity contribution >= 4 is 11.6 Å². The molecule has 0 unspecified atom stereocenters. The molecule has 0 radical (unpaired) electrons. The van der Waals surface area contributed by atoms with Crippen LogP contribution in [0.1, 0.15) is 11.3 Å². The molecule has 0 fully saturated rings. The first-order valence-corrected chi connectivity index (χ1v) is 7.18. The summed E-state index contributed by atoms with van der Waals surface area (Å²) in [5.74, 6) is -0.285. The number of halogens is 2. The minimum Gasteiger partial charge on any atom is -0.325 e. The Balaban J connectivity index is 2.02. The summed E-state index contributed by atoms with van der Waals surface area (Å²) in [6, 6.07) is 13.8. The Labute approximate surface area is 132 Å². The van der Waals surface area contributed by atoms with E-state index >= 15 is 0 Å². The first-order valence-electron chi connectivity index (χ1n) is 6.80. The largest absolute Gasteiger partial charge is 0.325 e. The SMILES string of the molecule is NCc1nnn(Cc2cccc(Cl)c2)c1-c1ccc(F)cc1. The van der Waals surface area contributed by atoms with Gasteiger partial charge in [0.05, 0.1) is 12.2 Å². The Bertz CT molecular complexity index is 783. The van der Waals surface area contributed by atoms with Gasteiger partial charge < -0.3 is 5.73 Å². The van der Waals surface area contributed by atoms with Crippen LogP contribution in [-0.2, 0) is 13.1 Å². The Morgan fingerprint density at radius 1 is 1.14 bits per heavy atom. The fraction of sp³-hybridized carbons (Fsp3) is 0.125. The van der Waals surface area contributed by atoms with Gasteiger partial charge >= 0.3 is 0 Å². The molecule has 0 aliphatic carbocycles. The number of rotatable bonds is 4. The lowest BCUT2D eigenvalue weighted by atomic mass is 10.1. The Morgan fingerprint density at radius 3 is 2.59 bits per heavy atom. The summed E-state index contributed by atoms with van der Waals surface area (Å²) in [6.45, 7) is 0.780. The summed E-state index contributed by atoms with van der Waals surface area (Å²) in [4.78, 5) is 0. The molecule has 1 aromatic heterocycles. The summed E-state index contributed by atoms with van der Waals surface area (Å²) >= 11 is 6.01. The molecule has 0 spiro atoms. The molecule has 2 N–H and O–H groups in total. The highest BCUT2D eigenvalue weighted by atomic mass is 35.5. The Hall–Kier alpha value is -2.24.